The summed E-state index contributed by atoms with van der Waals surface area (Å²) in [7, 11) is 3.64. The average molecular weight is 499 g/mol. The monoisotopic (exact) mass is 498 g/mol. The standard InChI is InChI=1S/C19H38N4OS.HI/c1-18(2,3)16(24-5)14-21-17(20-4)22-15-19(8-6-7-9-19)23-10-12-25-13-11-23;/h16H,6-15H2,1-5H3,(H2,20,21,22);1H. The van der Waals surface area contributed by atoms with Gasteiger partial charge >= 0.3 is 0 Å². The molecule has 1 heterocycles. The molecular formula is C19H39IN4OS. The van der Waals surface area contributed by atoms with Crippen LogP contribution in [0, 0.1) is 5.41 Å². The van der Waals surface area contributed by atoms with Gasteiger partial charge < -0.3 is 15.4 Å². The number of thioether (sulfide) groups is 1. The molecule has 0 aromatic rings. The summed E-state index contributed by atoms with van der Waals surface area (Å²) in [6.45, 7) is 10.8. The first-order chi connectivity index (χ1) is 11.9. The van der Waals surface area contributed by atoms with E-state index in [1.807, 2.05) is 7.05 Å². The Bertz CT molecular complexity index is 430. The van der Waals surface area contributed by atoms with Crippen molar-refractivity contribution < 1.29 is 4.74 Å². The lowest BCUT2D eigenvalue weighted by Gasteiger charge is -2.43. The third-order valence-corrected chi connectivity index (χ3v) is 6.67. The lowest BCUT2D eigenvalue weighted by Crippen LogP contribution is -2.58. The molecule has 0 bridgehead atoms. The second-order valence-electron chi connectivity index (χ2n) is 8.43. The summed E-state index contributed by atoms with van der Waals surface area (Å²) in [4.78, 5) is 7.17. The number of rotatable bonds is 6. The normalized spacial score (nSPS) is 22.6. The van der Waals surface area contributed by atoms with Gasteiger partial charge in [0.05, 0.1) is 6.10 Å². The van der Waals surface area contributed by atoms with Crippen LogP contribution < -0.4 is 10.6 Å². The van der Waals surface area contributed by atoms with E-state index in [0.29, 0.717) is 5.54 Å². The third kappa shape index (κ3) is 6.71. The van der Waals surface area contributed by atoms with Crippen molar-refractivity contribution in [2.45, 2.75) is 58.1 Å². The summed E-state index contributed by atoms with van der Waals surface area (Å²) >= 11 is 2.09. The second-order valence-corrected chi connectivity index (χ2v) is 9.65. The maximum absolute atomic E-state index is 5.65. The van der Waals surface area contributed by atoms with Gasteiger partial charge in [-0.1, -0.05) is 33.6 Å². The molecule has 0 amide bonds. The van der Waals surface area contributed by atoms with E-state index >= 15 is 0 Å². The van der Waals surface area contributed by atoms with E-state index in [1.165, 1.54) is 50.3 Å². The summed E-state index contributed by atoms with van der Waals surface area (Å²) in [5.74, 6) is 3.44. The molecule has 2 rings (SSSR count). The highest BCUT2D eigenvalue weighted by molar-refractivity contribution is 14.0. The lowest BCUT2D eigenvalue weighted by molar-refractivity contribution is 0.0204. The van der Waals surface area contributed by atoms with Crippen LogP contribution in [0.5, 0.6) is 0 Å². The van der Waals surface area contributed by atoms with E-state index in [-0.39, 0.29) is 35.5 Å². The summed E-state index contributed by atoms with van der Waals surface area (Å²) in [6, 6.07) is 0. The molecule has 1 saturated carbocycles. The summed E-state index contributed by atoms with van der Waals surface area (Å²) in [6.07, 6.45) is 5.49. The van der Waals surface area contributed by atoms with Crippen LogP contribution in [0.15, 0.2) is 4.99 Å². The van der Waals surface area contributed by atoms with Crippen LogP contribution in [-0.4, -0.2) is 74.3 Å². The summed E-state index contributed by atoms with van der Waals surface area (Å²) in [5, 5.41) is 7.08. The number of aliphatic imine (C=N–C) groups is 1. The number of halogens is 1. The minimum Gasteiger partial charge on any atom is -0.379 e. The molecule has 2 N–H and O–H groups in total. The van der Waals surface area contributed by atoms with E-state index < -0.39 is 0 Å². The SMILES string of the molecule is CN=C(NCC(OC)C(C)(C)C)NCC1(N2CCSCC2)CCCC1.I. The molecule has 26 heavy (non-hydrogen) atoms. The predicted molar refractivity (Wildman–Crippen MR) is 125 cm³/mol. The van der Waals surface area contributed by atoms with Gasteiger partial charge in [-0.25, -0.2) is 0 Å². The Morgan fingerprint density at radius 3 is 2.31 bits per heavy atom. The van der Waals surface area contributed by atoms with Crippen LogP contribution in [0.3, 0.4) is 0 Å². The fourth-order valence-corrected chi connectivity index (χ4v) is 4.98. The molecule has 154 valence electrons. The van der Waals surface area contributed by atoms with Gasteiger partial charge in [0.1, 0.15) is 0 Å². The van der Waals surface area contributed by atoms with Gasteiger partial charge in [0.2, 0.25) is 0 Å². The van der Waals surface area contributed by atoms with Crippen LogP contribution in [0.25, 0.3) is 0 Å². The van der Waals surface area contributed by atoms with Crippen molar-refractivity contribution in [3.05, 3.63) is 0 Å². The minimum absolute atomic E-state index is 0. The van der Waals surface area contributed by atoms with E-state index in [2.05, 4.69) is 53.1 Å². The van der Waals surface area contributed by atoms with E-state index in [1.54, 1.807) is 7.11 Å². The molecule has 0 spiro atoms. The molecule has 1 atom stereocenters. The minimum atomic E-state index is 0. The molecule has 2 fully saturated rings. The first-order valence-electron chi connectivity index (χ1n) is 9.71. The Morgan fingerprint density at radius 1 is 1.19 bits per heavy atom. The zero-order valence-electron chi connectivity index (χ0n) is 17.3. The second kappa shape index (κ2) is 11.3. The van der Waals surface area contributed by atoms with E-state index in [9.17, 15) is 0 Å². The molecule has 0 aromatic carbocycles. The average Bonchev–Trinajstić information content (AvgIpc) is 3.08. The Kier molecular flexibility index (Phi) is 10.6. The van der Waals surface area contributed by atoms with Crippen LogP contribution in [0.4, 0.5) is 0 Å². The lowest BCUT2D eigenvalue weighted by atomic mass is 9.89. The van der Waals surface area contributed by atoms with Crippen LogP contribution in [0.1, 0.15) is 46.5 Å². The number of nitrogens with one attached hydrogen (secondary N) is 2. The van der Waals surface area contributed by atoms with Crippen molar-refractivity contribution in [3.63, 3.8) is 0 Å². The van der Waals surface area contributed by atoms with Crippen molar-refractivity contribution in [2.75, 3.05) is 51.8 Å². The smallest absolute Gasteiger partial charge is 0.191 e. The Balaban J connectivity index is 0.00000338. The van der Waals surface area contributed by atoms with Crippen LogP contribution >= 0.6 is 35.7 Å². The number of hydrogen-bond acceptors (Lipinski definition) is 4. The van der Waals surface area contributed by atoms with Crippen LogP contribution in [-0.2, 0) is 4.74 Å². The molecule has 7 heteroatoms. The molecule has 5 nitrogen and oxygen atoms in total. The van der Waals surface area contributed by atoms with Gasteiger partial charge in [0, 0.05) is 57.4 Å². The molecule has 1 saturated heterocycles. The first-order valence-corrected chi connectivity index (χ1v) is 10.9. The fraction of sp³-hybridized carbons (Fsp3) is 0.947. The van der Waals surface area contributed by atoms with Gasteiger partial charge in [0.15, 0.2) is 5.96 Å². The van der Waals surface area contributed by atoms with Crippen molar-refractivity contribution in [1.82, 2.24) is 15.5 Å². The molecule has 0 aromatic heterocycles. The number of methoxy groups -OCH3 is 1. The maximum atomic E-state index is 5.65. The number of hydrogen-bond donors (Lipinski definition) is 2. The molecule has 1 aliphatic heterocycles. The zero-order valence-corrected chi connectivity index (χ0v) is 20.4. The Morgan fingerprint density at radius 2 is 1.81 bits per heavy atom. The topological polar surface area (TPSA) is 48.9 Å². The molecule has 1 aliphatic carbocycles. The van der Waals surface area contributed by atoms with Crippen molar-refractivity contribution in [2.24, 2.45) is 10.4 Å². The zero-order chi connectivity index (χ0) is 18.3. The summed E-state index contributed by atoms with van der Waals surface area (Å²) < 4.78 is 5.65. The molecule has 0 radical (unpaired) electrons. The van der Waals surface area contributed by atoms with E-state index in [4.69, 9.17) is 4.74 Å². The van der Waals surface area contributed by atoms with Gasteiger partial charge in [-0.3, -0.25) is 9.89 Å². The quantitative estimate of drug-likeness (QED) is 0.335. The molecule has 2 aliphatic rings. The summed E-state index contributed by atoms with van der Waals surface area (Å²) in [5.41, 5.74) is 0.433. The van der Waals surface area contributed by atoms with Crippen molar-refractivity contribution in [3.8, 4) is 0 Å². The van der Waals surface area contributed by atoms with Crippen molar-refractivity contribution >= 4 is 41.7 Å². The largest absolute Gasteiger partial charge is 0.379 e. The number of nitrogens with zero attached hydrogens (tertiary/aromatic N) is 2. The highest BCUT2D eigenvalue weighted by atomic mass is 127. The predicted octanol–water partition coefficient (Wildman–Crippen LogP) is 3.19. The first kappa shape index (κ1) is 24.3. The highest BCUT2D eigenvalue weighted by Crippen LogP contribution is 2.36. The van der Waals surface area contributed by atoms with Crippen molar-refractivity contribution in [1.29, 1.82) is 0 Å². The third-order valence-electron chi connectivity index (χ3n) is 5.73. The van der Waals surface area contributed by atoms with Gasteiger partial charge in [0.25, 0.3) is 0 Å². The van der Waals surface area contributed by atoms with Gasteiger partial charge in [-0.05, 0) is 18.3 Å². The van der Waals surface area contributed by atoms with Crippen LogP contribution in [0.2, 0.25) is 0 Å². The molecule has 1 unspecified atom stereocenters. The highest BCUT2D eigenvalue weighted by Gasteiger charge is 2.40. The Hall–Kier alpha value is 0.270. The maximum Gasteiger partial charge on any atom is 0.191 e. The number of guanidine groups is 1. The van der Waals surface area contributed by atoms with Gasteiger partial charge in [-0.2, -0.15) is 11.8 Å². The molecular weight excluding hydrogens is 459 g/mol. The van der Waals surface area contributed by atoms with E-state index in [0.717, 1.165) is 19.0 Å². The Labute approximate surface area is 181 Å². The fourth-order valence-electron chi connectivity index (χ4n) is 4.08. The number of ether oxygens (including phenoxy) is 1. The van der Waals surface area contributed by atoms with Gasteiger partial charge in [-0.15, -0.1) is 24.0 Å².